The summed E-state index contributed by atoms with van der Waals surface area (Å²) in [6, 6.07) is 5.39. The number of benzene rings is 1. The number of phenols is 1. The number of nitrogens with zero attached hydrogens (tertiary/aromatic N) is 2. The highest BCUT2D eigenvalue weighted by molar-refractivity contribution is 9.10. The van der Waals surface area contributed by atoms with Crippen LogP contribution in [0.4, 0.5) is 0 Å². The summed E-state index contributed by atoms with van der Waals surface area (Å²) in [7, 11) is 6.28. The fraction of sp³-hybridized carbons (Fsp3) is 0.538. The van der Waals surface area contributed by atoms with Crippen LogP contribution in [-0.4, -0.2) is 49.1 Å². The summed E-state index contributed by atoms with van der Waals surface area (Å²) in [6.45, 7) is 3.01. The molecule has 0 aromatic heterocycles. The van der Waals surface area contributed by atoms with E-state index < -0.39 is 0 Å². The fourth-order valence-corrected chi connectivity index (χ4v) is 2.08. The Kier molecular flexibility index (Phi) is 5.95. The molecule has 96 valence electrons. The number of halogens is 1. The molecular formula is C13H21BrN2O. The average Bonchev–Trinajstić information content (AvgIpc) is 2.23. The highest BCUT2D eigenvalue weighted by atomic mass is 79.9. The number of rotatable bonds is 6. The maximum Gasteiger partial charge on any atom is 0.115 e. The third kappa shape index (κ3) is 5.52. The van der Waals surface area contributed by atoms with E-state index in [4.69, 9.17) is 0 Å². The Balaban J connectivity index is 2.44. The third-order valence-electron chi connectivity index (χ3n) is 2.61. The first-order valence-corrected chi connectivity index (χ1v) is 6.59. The van der Waals surface area contributed by atoms with E-state index in [2.05, 4.69) is 46.9 Å². The van der Waals surface area contributed by atoms with Crippen LogP contribution in [0.1, 0.15) is 12.0 Å². The maximum absolute atomic E-state index is 9.45. The molecule has 0 spiro atoms. The molecule has 1 aromatic carbocycles. The van der Waals surface area contributed by atoms with Gasteiger partial charge in [-0.15, -0.1) is 0 Å². The van der Waals surface area contributed by atoms with Gasteiger partial charge in [0, 0.05) is 11.0 Å². The van der Waals surface area contributed by atoms with Gasteiger partial charge in [0.15, 0.2) is 0 Å². The second-order valence-electron chi connectivity index (χ2n) is 4.67. The van der Waals surface area contributed by atoms with Crippen LogP contribution < -0.4 is 0 Å². The van der Waals surface area contributed by atoms with Crippen LogP contribution in [0, 0.1) is 0 Å². The molecule has 0 heterocycles. The van der Waals surface area contributed by atoms with Crippen LogP contribution >= 0.6 is 15.9 Å². The molecule has 0 aliphatic heterocycles. The second kappa shape index (κ2) is 6.99. The standard InChI is InChI=1S/C13H21BrN2O/c1-15(2)7-4-8-16(3)10-11-9-12(17)5-6-13(11)14/h5-6,9,17H,4,7-8,10H2,1-3H3. The van der Waals surface area contributed by atoms with Crippen LogP contribution in [0.25, 0.3) is 0 Å². The summed E-state index contributed by atoms with van der Waals surface area (Å²) in [4.78, 5) is 4.46. The summed E-state index contributed by atoms with van der Waals surface area (Å²) < 4.78 is 1.05. The summed E-state index contributed by atoms with van der Waals surface area (Å²) in [6.07, 6.45) is 1.15. The van der Waals surface area contributed by atoms with Gasteiger partial charge in [-0.1, -0.05) is 15.9 Å². The van der Waals surface area contributed by atoms with Gasteiger partial charge in [-0.25, -0.2) is 0 Å². The van der Waals surface area contributed by atoms with Crippen molar-refractivity contribution in [3.8, 4) is 5.75 Å². The largest absolute Gasteiger partial charge is 0.508 e. The van der Waals surface area contributed by atoms with Crippen molar-refractivity contribution < 1.29 is 5.11 Å². The Morgan fingerprint density at radius 3 is 2.53 bits per heavy atom. The molecule has 3 nitrogen and oxygen atoms in total. The molecule has 0 radical (unpaired) electrons. The SMILES string of the molecule is CN(C)CCCN(C)Cc1cc(O)ccc1Br. The van der Waals surface area contributed by atoms with E-state index in [0.717, 1.165) is 36.1 Å². The highest BCUT2D eigenvalue weighted by Crippen LogP contribution is 2.22. The van der Waals surface area contributed by atoms with Crippen LogP contribution in [-0.2, 0) is 6.54 Å². The Morgan fingerprint density at radius 2 is 1.88 bits per heavy atom. The van der Waals surface area contributed by atoms with Crippen molar-refractivity contribution in [3.63, 3.8) is 0 Å². The summed E-state index contributed by atoms with van der Waals surface area (Å²) in [5, 5.41) is 9.45. The summed E-state index contributed by atoms with van der Waals surface area (Å²) in [5.74, 6) is 0.324. The molecule has 0 amide bonds. The van der Waals surface area contributed by atoms with Gasteiger partial charge in [-0.3, -0.25) is 0 Å². The van der Waals surface area contributed by atoms with Gasteiger partial charge >= 0.3 is 0 Å². The van der Waals surface area contributed by atoms with Crippen molar-refractivity contribution in [3.05, 3.63) is 28.2 Å². The van der Waals surface area contributed by atoms with Crippen molar-refractivity contribution in [1.29, 1.82) is 0 Å². The fourth-order valence-electron chi connectivity index (χ4n) is 1.71. The third-order valence-corrected chi connectivity index (χ3v) is 3.39. The lowest BCUT2D eigenvalue weighted by molar-refractivity contribution is 0.294. The van der Waals surface area contributed by atoms with Gasteiger partial charge < -0.3 is 14.9 Å². The van der Waals surface area contributed by atoms with Crippen molar-refractivity contribution in [2.45, 2.75) is 13.0 Å². The predicted molar refractivity (Wildman–Crippen MR) is 75.3 cm³/mol. The number of phenolic OH excluding ortho intramolecular Hbond substituents is 1. The van der Waals surface area contributed by atoms with Gasteiger partial charge in [0.25, 0.3) is 0 Å². The molecule has 0 aliphatic carbocycles. The first-order valence-electron chi connectivity index (χ1n) is 5.79. The Morgan fingerprint density at radius 1 is 1.18 bits per heavy atom. The molecule has 17 heavy (non-hydrogen) atoms. The zero-order chi connectivity index (χ0) is 12.8. The average molecular weight is 301 g/mol. The molecular weight excluding hydrogens is 280 g/mol. The summed E-state index contributed by atoms with van der Waals surface area (Å²) >= 11 is 3.50. The van der Waals surface area contributed by atoms with Crippen LogP contribution in [0.2, 0.25) is 0 Å². The summed E-state index contributed by atoms with van der Waals surface area (Å²) in [5.41, 5.74) is 1.12. The molecule has 1 rings (SSSR count). The van der Waals surface area contributed by atoms with Crippen molar-refractivity contribution >= 4 is 15.9 Å². The lowest BCUT2D eigenvalue weighted by Gasteiger charge is -2.19. The lowest BCUT2D eigenvalue weighted by atomic mass is 10.2. The normalized spacial score (nSPS) is 11.4. The van der Waals surface area contributed by atoms with Gasteiger partial charge in [0.1, 0.15) is 5.75 Å². The van der Waals surface area contributed by atoms with E-state index in [0.29, 0.717) is 5.75 Å². The molecule has 0 fully saturated rings. The van der Waals surface area contributed by atoms with Gasteiger partial charge in [-0.05, 0) is 64.4 Å². The van der Waals surface area contributed by atoms with E-state index in [1.165, 1.54) is 0 Å². The second-order valence-corrected chi connectivity index (χ2v) is 5.52. The Labute approximate surface area is 112 Å². The van der Waals surface area contributed by atoms with Gasteiger partial charge in [-0.2, -0.15) is 0 Å². The number of hydrogen-bond donors (Lipinski definition) is 1. The van der Waals surface area contributed by atoms with Gasteiger partial charge in [0.2, 0.25) is 0 Å². The molecule has 0 unspecified atom stereocenters. The van der Waals surface area contributed by atoms with E-state index in [9.17, 15) is 5.11 Å². The van der Waals surface area contributed by atoms with Crippen molar-refractivity contribution in [1.82, 2.24) is 9.80 Å². The molecule has 4 heteroatoms. The highest BCUT2D eigenvalue weighted by Gasteiger charge is 2.05. The minimum Gasteiger partial charge on any atom is -0.508 e. The van der Waals surface area contributed by atoms with Gasteiger partial charge in [0.05, 0.1) is 0 Å². The first-order chi connectivity index (χ1) is 7.99. The maximum atomic E-state index is 9.45. The Hall–Kier alpha value is -0.580. The zero-order valence-electron chi connectivity index (χ0n) is 10.8. The molecule has 0 atom stereocenters. The molecule has 1 aromatic rings. The van der Waals surface area contributed by atoms with Crippen molar-refractivity contribution in [2.75, 3.05) is 34.2 Å². The molecule has 0 saturated heterocycles. The van der Waals surface area contributed by atoms with Crippen LogP contribution in [0.5, 0.6) is 5.75 Å². The monoisotopic (exact) mass is 300 g/mol. The molecule has 1 N–H and O–H groups in total. The van der Waals surface area contributed by atoms with Crippen molar-refractivity contribution in [2.24, 2.45) is 0 Å². The van der Waals surface area contributed by atoms with E-state index in [-0.39, 0.29) is 0 Å². The predicted octanol–water partition coefficient (Wildman–Crippen LogP) is 2.54. The minimum atomic E-state index is 0.324. The number of aromatic hydroxyl groups is 1. The van der Waals surface area contributed by atoms with E-state index >= 15 is 0 Å². The molecule has 0 saturated carbocycles. The van der Waals surface area contributed by atoms with Crippen LogP contribution in [0.3, 0.4) is 0 Å². The topological polar surface area (TPSA) is 26.7 Å². The van der Waals surface area contributed by atoms with E-state index in [1.807, 2.05) is 12.1 Å². The quantitative estimate of drug-likeness (QED) is 0.875. The molecule has 0 bridgehead atoms. The minimum absolute atomic E-state index is 0.324. The van der Waals surface area contributed by atoms with E-state index in [1.54, 1.807) is 6.07 Å². The lowest BCUT2D eigenvalue weighted by Crippen LogP contribution is -2.23. The zero-order valence-corrected chi connectivity index (χ0v) is 12.4. The first kappa shape index (κ1) is 14.5. The Bertz CT molecular complexity index is 355. The smallest absolute Gasteiger partial charge is 0.115 e. The molecule has 0 aliphatic rings. The number of hydrogen-bond acceptors (Lipinski definition) is 3. The van der Waals surface area contributed by atoms with Crippen LogP contribution in [0.15, 0.2) is 22.7 Å².